The molecule has 0 amide bonds. The van der Waals surface area contributed by atoms with E-state index < -0.39 is 16.0 Å². The van der Waals surface area contributed by atoms with E-state index in [1.54, 1.807) is 18.2 Å². The average molecular weight is 337 g/mol. The minimum Gasteiger partial charge on any atom is -0.497 e. The maximum absolute atomic E-state index is 12.5. The highest BCUT2D eigenvalue weighted by Gasteiger charge is 2.22. The van der Waals surface area contributed by atoms with Crippen LogP contribution in [-0.2, 0) is 10.0 Å². The van der Waals surface area contributed by atoms with Crippen LogP contribution in [0.25, 0.3) is 0 Å². The molecule has 122 valence electrons. The largest absolute Gasteiger partial charge is 0.497 e. The van der Waals surface area contributed by atoms with Gasteiger partial charge in [-0.15, -0.1) is 0 Å². The third kappa shape index (κ3) is 3.72. The Labute approximate surface area is 133 Å². The summed E-state index contributed by atoms with van der Waals surface area (Å²) in [6.45, 7) is 0. The summed E-state index contributed by atoms with van der Waals surface area (Å²) in [5.41, 5.74) is 0.129. The topological polar surface area (TPSA) is 102 Å². The Morgan fingerprint density at radius 2 is 1.83 bits per heavy atom. The summed E-state index contributed by atoms with van der Waals surface area (Å²) < 4.78 is 37.5. The molecule has 0 atom stereocenters. The van der Waals surface area contributed by atoms with Crippen LogP contribution < -0.4 is 14.2 Å². The van der Waals surface area contributed by atoms with Crippen LogP contribution in [0.4, 0.5) is 5.69 Å². The number of aromatic carboxylic acids is 1. The van der Waals surface area contributed by atoms with Crippen molar-refractivity contribution in [1.82, 2.24) is 0 Å². The first-order valence-electron chi connectivity index (χ1n) is 6.45. The molecular formula is C15H15NO6S. The zero-order valence-corrected chi connectivity index (χ0v) is 13.3. The Morgan fingerprint density at radius 3 is 2.43 bits per heavy atom. The molecule has 2 aromatic carbocycles. The van der Waals surface area contributed by atoms with Crippen LogP contribution in [0.2, 0.25) is 0 Å². The van der Waals surface area contributed by atoms with Crippen LogP contribution >= 0.6 is 0 Å². The van der Waals surface area contributed by atoms with Crippen LogP contribution in [0, 0.1) is 0 Å². The molecule has 0 saturated carbocycles. The number of benzene rings is 2. The summed E-state index contributed by atoms with van der Waals surface area (Å²) in [5, 5.41) is 9.02. The SMILES string of the molecule is COc1cccc(NS(=O)(=O)c2cc(C(=O)O)ccc2OC)c1. The van der Waals surface area contributed by atoms with Gasteiger partial charge in [-0.1, -0.05) is 6.07 Å². The molecule has 8 heteroatoms. The lowest BCUT2D eigenvalue weighted by Crippen LogP contribution is -2.15. The van der Waals surface area contributed by atoms with Gasteiger partial charge in [-0.3, -0.25) is 4.72 Å². The van der Waals surface area contributed by atoms with Crippen LogP contribution in [0.5, 0.6) is 11.5 Å². The quantitative estimate of drug-likeness (QED) is 0.838. The molecule has 0 radical (unpaired) electrons. The normalized spacial score (nSPS) is 10.9. The van der Waals surface area contributed by atoms with Crippen LogP contribution in [0.3, 0.4) is 0 Å². The first-order chi connectivity index (χ1) is 10.9. The van der Waals surface area contributed by atoms with Gasteiger partial charge >= 0.3 is 5.97 Å². The molecule has 23 heavy (non-hydrogen) atoms. The van der Waals surface area contributed by atoms with Crippen molar-refractivity contribution in [2.24, 2.45) is 0 Å². The predicted molar refractivity (Wildman–Crippen MR) is 83.8 cm³/mol. The van der Waals surface area contributed by atoms with Crippen molar-refractivity contribution in [3.63, 3.8) is 0 Å². The summed E-state index contributed by atoms with van der Waals surface area (Å²) in [7, 11) is -1.26. The summed E-state index contributed by atoms with van der Waals surface area (Å²) >= 11 is 0. The van der Waals surface area contributed by atoms with Gasteiger partial charge in [-0.25, -0.2) is 13.2 Å². The Hall–Kier alpha value is -2.74. The highest BCUT2D eigenvalue weighted by molar-refractivity contribution is 7.92. The molecule has 0 spiro atoms. The number of sulfonamides is 1. The molecule has 7 nitrogen and oxygen atoms in total. The summed E-state index contributed by atoms with van der Waals surface area (Å²) in [5.74, 6) is -0.702. The van der Waals surface area contributed by atoms with Crippen LogP contribution in [-0.4, -0.2) is 33.7 Å². The number of anilines is 1. The van der Waals surface area contributed by atoms with E-state index in [0.717, 1.165) is 6.07 Å². The van der Waals surface area contributed by atoms with E-state index in [4.69, 9.17) is 14.6 Å². The number of methoxy groups -OCH3 is 2. The fraction of sp³-hybridized carbons (Fsp3) is 0.133. The van der Waals surface area contributed by atoms with E-state index in [0.29, 0.717) is 5.75 Å². The molecule has 2 rings (SSSR count). The fourth-order valence-electron chi connectivity index (χ4n) is 1.92. The highest BCUT2D eigenvalue weighted by Crippen LogP contribution is 2.28. The Balaban J connectivity index is 2.45. The van der Waals surface area contributed by atoms with Crippen LogP contribution in [0.15, 0.2) is 47.4 Å². The van der Waals surface area contributed by atoms with E-state index in [9.17, 15) is 13.2 Å². The molecule has 0 heterocycles. The maximum atomic E-state index is 12.5. The van der Waals surface area contributed by atoms with Crippen molar-refractivity contribution in [3.05, 3.63) is 48.0 Å². The Kier molecular flexibility index (Phi) is 4.75. The van der Waals surface area contributed by atoms with Gasteiger partial charge in [0.25, 0.3) is 10.0 Å². The lowest BCUT2D eigenvalue weighted by molar-refractivity contribution is 0.0696. The maximum Gasteiger partial charge on any atom is 0.335 e. The van der Waals surface area contributed by atoms with Crippen molar-refractivity contribution >= 4 is 21.7 Å². The predicted octanol–water partition coefficient (Wildman–Crippen LogP) is 2.20. The van der Waals surface area contributed by atoms with E-state index in [1.165, 1.54) is 32.4 Å². The molecule has 0 unspecified atom stereocenters. The zero-order chi connectivity index (χ0) is 17.0. The van der Waals surface area contributed by atoms with Crippen molar-refractivity contribution in [2.45, 2.75) is 4.90 Å². The minimum absolute atomic E-state index is 0.0467. The summed E-state index contributed by atoms with van der Waals surface area (Å²) in [4.78, 5) is 10.8. The number of carboxylic acids is 1. The van der Waals surface area contributed by atoms with Crippen LogP contribution in [0.1, 0.15) is 10.4 Å². The molecule has 2 aromatic rings. The third-order valence-electron chi connectivity index (χ3n) is 3.02. The van der Waals surface area contributed by atoms with Crippen molar-refractivity contribution in [2.75, 3.05) is 18.9 Å². The number of rotatable bonds is 6. The monoisotopic (exact) mass is 337 g/mol. The van der Waals surface area contributed by atoms with E-state index >= 15 is 0 Å². The number of nitrogens with one attached hydrogen (secondary N) is 1. The van der Waals surface area contributed by atoms with E-state index in [2.05, 4.69) is 4.72 Å². The van der Waals surface area contributed by atoms with Gasteiger partial charge in [0.15, 0.2) is 0 Å². The molecular weight excluding hydrogens is 322 g/mol. The lowest BCUT2D eigenvalue weighted by atomic mass is 10.2. The minimum atomic E-state index is -4.03. The van der Waals surface area contributed by atoms with Gasteiger partial charge < -0.3 is 14.6 Å². The molecule has 0 aromatic heterocycles. The smallest absolute Gasteiger partial charge is 0.335 e. The third-order valence-corrected chi connectivity index (χ3v) is 4.42. The second-order valence-electron chi connectivity index (χ2n) is 4.51. The van der Waals surface area contributed by atoms with Gasteiger partial charge in [0, 0.05) is 6.07 Å². The highest BCUT2D eigenvalue weighted by atomic mass is 32.2. The molecule has 0 aliphatic heterocycles. The fourth-order valence-corrected chi connectivity index (χ4v) is 3.16. The molecule has 0 saturated heterocycles. The zero-order valence-electron chi connectivity index (χ0n) is 12.4. The van der Waals surface area contributed by atoms with E-state index in [-0.39, 0.29) is 21.9 Å². The number of carboxylic acid groups (broad SMARTS) is 1. The molecule has 2 N–H and O–H groups in total. The summed E-state index contributed by atoms with van der Waals surface area (Å²) in [6.07, 6.45) is 0. The summed E-state index contributed by atoms with van der Waals surface area (Å²) in [6, 6.07) is 9.96. The first-order valence-corrected chi connectivity index (χ1v) is 7.94. The first kappa shape index (κ1) is 16.6. The second-order valence-corrected chi connectivity index (χ2v) is 6.16. The van der Waals surface area contributed by atoms with Gasteiger partial charge in [0.1, 0.15) is 16.4 Å². The van der Waals surface area contributed by atoms with E-state index in [1.807, 2.05) is 0 Å². The standard InChI is InChI=1S/C15H15NO6S/c1-21-12-5-3-4-11(9-12)16-23(19,20)14-8-10(15(17)18)6-7-13(14)22-2/h3-9,16H,1-2H3,(H,17,18). The molecule has 0 aliphatic rings. The average Bonchev–Trinajstić information content (AvgIpc) is 2.53. The number of hydrogen-bond acceptors (Lipinski definition) is 5. The van der Waals surface area contributed by atoms with Gasteiger partial charge in [-0.05, 0) is 30.3 Å². The number of carbonyl (C=O) groups is 1. The lowest BCUT2D eigenvalue weighted by Gasteiger charge is -2.12. The van der Waals surface area contributed by atoms with Crippen molar-refractivity contribution < 1.29 is 27.8 Å². The second kappa shape index (κ2) is 6.57. The molecule has 0 fully saturated rings. The Bertz CT molecular complexity index is 832. The van der Waals surface area contributed by atoms with Crippen molar-refractivity contribution in [1.29, 1.82) is 0 Å². The van der Waals surface area contributed by atoms with Crippen molar-refractivity contribution in [3.8, 4) is 11.5 Å². The van der Waals surface area contributed by atoms with Gasteiger partial charge in [-0.2, -0.15) is 0 Å². The molecule has 0 bridgehead atoms. The molecule has 0 aliphatic carbocycles. The van der Waals surface area contributed by atoms with Gasteiger partial charge in [0.2, 0.25) is 0 Å². The Morgan fingerprint density at radius 1 is 1.09 bits per heavy atom. The number of hydrogen-bond donors (Lipinski definition) is 2. The number of ether oxygens (including phenoxy) is 2. The van der Waals surface area contributed by atoms with Gasteiger partial charge in [0.05, 0.1) is 25.5 Å².